The molecule has 2 aromatic carbocycles. The molecule has 2 rings (SSSR count). The van der Waals surface area contributed by atoms with Gasteiger partial charge in [0.2, 0.25) is 0 Å². The first-order chi connectivity index (χ1) is 11.8. The zero-order chi connectivity index (χ0) is 17.2. The Labute approximate surface area is 141 Å². The van der Waals surface area contributed by atoms with Crippen LogP contribution in [0.25, 0.3) is 0 Å². The minimum atomic E-state index is 0.375. The molecule has 0 aromatic heterocycles. The second-order valence-corrected chi connectivity index (χ2v) is 4.76. The molecule has 0 radical (unpaired) electrons. The van der Waals surface area contributed by atoms with Crippen molar-refractivity contribution in [1.82, 2.24) is 0 Å². The topological polar surface area (TPSA) is 69.5 Å². The summed E-state index contributed by atoms with van der Waals surface area (Å²) in [5.74, 6) is 2.75. The van der Waals surface area contributed by atoms with Crippen molar-refractivity contribution in [2.45, 2.75) is 6.92 Å². The monoisotopic (exact) mass is 331 g/mol. The Morgan fingerprint density at radius 3 is 2.29 bits per heavy atom. The van der Waals surface area contributed by atoms with Gasteiger partial charge < -0.3 is 24.2 Å². The van der Waals surface area contributed by atoms with E-state index in [1.807, 2.05) is 31.2 Å². The molecule has 2 aromatic rings. The number of benzene rings is 2. The van der Waals surface area contributed by atoms with E-state index >= 15 is 0 Å². The van der Waals surface area contributed by atoms with Gasteiger partial charge in [-0.1, -0.05) is 5.16 Å². The van der Waals surface area contributed by atoms with Crippen LogP contribution in [0.2, 0.25) is 0 Å². The Morgan fingerprint density at radius 1 is 0.917 bits per heavy atom. The molecule has 0 aliphatic carbocycles. The van der Waals surface area contributed by atoms with Gasteiger partial charge in [0, 0.05) is 5.56 Å². The zero-order valence-corrected chi connectivity index (χ0v) is 13.8. The van der Waals surface area contributed by atoms with Gasteiger partial charge in [-0.15, -0.1) is 0 Å². The molecule has 0 aliphatic heterocycles. The van der Waals surface area contributed by atoms with Crippen LogP contribution in [0.3, 0.4) is 0 Å². The van der Waals surface area contributed by atoms with E-state index in [9.17, 15) is 0 Å². The van der Waals surface area contributed by atoms with Gasteiger partial charge in [0.25, 0.3) is 0 Å². The second-order valence-electron chi connectivity index (χ2n) is 4.76. The number of hydrogen-bond acceptors (Lipinski definition) is 6. The molecule has 0 unspecified atom stereocenters. The summed E-state index contributed by atoms with van der Waals surface area (Å²) >= 11 is 0. The maximum atomic E-state index is 8.60. The highest BCUT2D eigenvalue weighted by Gasteiger charge is 2.06. The lowest BCUT2D eigenvalue weighted by atomic mass is 10.2. The van der Waals surface area contributed by atoms with Gasteiger partial charge in [0.1, 0.15) is 24.7 Å². The van der Waals surface area contributed by atoms with Gasteiger partial charge in [-0.05, 0) is 49.4 Å². The summed E-state index contributed by atoms with van der Waals surface area (Å²) in [5, 5.41) is 11.6. The van der Waals surface area contributed by atoms with Crippen LogP contribution < -0.4 is 18.9 Å². The van der Waals surface area contributed by atoms with Crippen molar-refractivity contribution in [3.05, 3.63) is 48.0 Å². The lowest BCUT2D eigenvalue weighted by Crippen LogP contribution is -2.10. The molecule has 0 heterocycles. The van der Waals surface area contributed by atoms with Crippen molar-refractivity contribution in [1.29, 1.82) is 0 Å². The van der Waals surface area contributed by atoms with Crippen LogP contribution in [-0.2, 0) is 0 Å². The molecule has 24 heavy (non-hydrogen) atoms. The highest BCUT2D eigenvalue weighted by Crippen LogP contribution is 2.28. The summed E-state index contributed by atoms with van der Waals surface area (Å²) in [6.07, 6.45) is 1.33. The molecule has 0 saturated heterocycles. The molecular formula is C18H21NO5. The third-order valence-electron chi connectivity index (χ3n) is 3.14. The average Bonchev–Trinajstić information content (AvgIpc) is 2.61. The molecule has 0 spiro atoms. The molecule has 6 heteroatoms. The van der Waals surface area contributed by atoms with Crippen LogP contribution in [0.4, 0.5) is 0 Å². The SMILES string of the molecule is CCOc1cc(C=NO)ccc1OCCOc1ccc(OC)cc1. The average molecular weight is 331 g/mol. The van der Waals surface area contributed by atoms with Crippen molar-refractivity contribution in [2.75, 3.05) is 26.9 Å². The van der Waals surface area contributed by atoms with Gasteiger partial charge in [-0.25, -0.2) is 0 Å². The normalized spacial score (nSPS) is 10.6. The van der Waals surface area contributed by atoms with Crippen LogP contribution in [0.15, 0.2) is 47.6 Å². The highest BCUT2D eigenvalue weighted by molar-refractivity contribution is 5.80. The van der Waals surface area contributed by atoms with Crippen molar-refractivity contribution in [3.8, 4) is 23.0 Å². The molecule has 6 nitrogen and oxygen atoms in total. The van der Waals surface area contributed by atoms with E-state index < -0.39 is 0 Å². The molecule has 0 bridgehead atoms. The van der Waals surface area contributed by atoms with E-state index in [1.165, 1.54) is 6.21 Å². The van der Waals surface area contributed by atoms with Crippen molar-refractivity contribution in [2.24, 2.45) is 5.16 Å². The Bertz CT molecular complexity index is 655. The number of rotatable bonds is 9. The van der Waals surface area contributed by atoms with E-state index in [0.717, 1.165) is 17.1 Å². The number of nitrogens with zero attached hydrogens (tertiary/aromatic N) is 1. The van der Waals surface area contributed by atoms with Crippen molar-refractivity contribution >= 4 is 6.21 Å². The Morgan fingerprint density at radius 2 is 1.62 bits per heavy atom. The first-order valence-electron chi connectivity index (χ1n) is 7.60. The molecule has 0 amide bonds. The quantitative estimate of drug-likeness (QED) is 0.330. The molecule has 128 valence electrons. The fourth-order valence-corrected chi connectivity index (χ4v) is 2.04. The summed E-state index contributed by atoms with van der Waals surface area (Å²) in [5.41, 5.74) is 0.725. The van der Waals surface area contributed by atoms with Gasteiger partial charge in [0.05, 0.1) is 19.9 Å². The standard InChI is InChI=1S/C18H21NO5/c1-3-22-18-12-14(13-19-20)4-9-17(18)24-11-10-23-16-7-5-15(21-2)6-8-16/h4-9,12-13,20H,3,10-11H2,1-2H3. The fraction of sp³-hybridized carbons (Fsp3) is 0.278. The largest absolute Gasteiger partial charge is 0.497 e. The van der Waals surface area contributed by atoms with Crippen LogP contribution in [-0.4, -0.2) is 38.4 Å². The zero-order valence-electron chi connectivity index (χ0n) is 13.8. The second kappa shape index (κ2) is 9.29. The molecule has 0 saturated carbocycles. The lowest BCUT2D eigenvalue weighted by Gasteiger charge is -2.13. The Balaban J connectivity index is 1.88. The first kappa shape index (κ1) is 17.5. The third kappa shape index (κ3) is 5.08. The summed E-state index contributed by atoms with van der Waals surface area (Å²) < 4.78 is 22.0. The van der Waals surface area contributed by atoms with Gasteiger partial charge in [0.15, 0.2) is 11.5 Å². The molecule has 1 N–H and O–H groups in total. The van der Waals surface area contributed by atoms with Crippen LogP contribution in [0, 0.1) is 0 Å². The summed E-state index contributed by atoms with van der Waals surface area (Å²) in [7, 11) is 1.62. The number of methoxy groups -OCH3 is 1. The van der Waals surface area contributed by atoms with Gasteiger partial charge >= 0.3 is 0 Å². The number of hydrogen-bond donors (Lipinski definition) is 1. The predicted molar refractivity (Wildman–Crippen MR) is 91.0 cm³/mol. The Kier molecular flexibility index (Phi) is 6.76. The van der Waals surface area contributed by atoms with Crippen molar-refractivity contribution in [3.63, 3.8) is 0 Å². The van der Waals surface area contributed by atoms with Crippen LogP contribution >= 0.6 is 0 Å². The van der Waals surface area contributed by atoms with Crippen LogP contribution in [0.5, 0.6) is 23.0 Å². The maximum absolute atomic E-state index is 8.60. The van der Waals surface area contributed by atoms with E-state index in [2.05, 4.69) is 5.16 Å². The minimum absolute atomic E-state index is 0.375. The molecule has 0 fully saturated rings. The predicted octanol–water partition coefficient (Wildman–Crippen LogP) is 3.36. The summed E-state index contributed by atoms with van der Waals surface area (Å²) in [4.78, 5) is 0. The highest BCUT2D eigenvalue weighted by atomic mass is 16.5. The van der Waals surface area contributed by atoms with E-state index in [4.69, 9.17) is 24.2 Å². The van der Waals surface area contributed by atoms with Crippen LogP contribution in [0.1, 0.15) is 12.5 Å². The maximum Gasteiger partial charge on any atom is 0.161 e. The molecule has 0 atom stereocenters. The smallest absolute Gasteiger partial charge is 0.161 e. The molecule has 0 aliphatic rings. The van der Waals surface area contributed by atoms with Gasteiger partial charge in [-0.3, -0.25) is 0 Å². The third-order valence-corrected chi connectivity index (χ3v) is 3.14. The van der Waals surface area contributed by atoms with E-state index in [-0.39, 0.29) is 0 Å². The fourth-order valence-electron chi connectivity index (χ4n) is 2.04. The van der Waals surface area contributed by atoms with Gasteiger partial charge in [-0.2, -0.15) is 0 Å². The Hall–Kier alpha value is -2.89. The first-order valence-corrected chi connectivity index (χ1v) is 7.60. The number of ether oxygens (including phenoxy) is 4. The molecular weight excluding hydrogens is 310 g/mol. The summed E-state index contributed by atoms with van der Waals surface area (Å²) in [6.45, 7) is 3.18. The van der Waals surface area contributed by atoms with Crippen molar-refractivity contribution < 1.29 is 24.2 Å². The number of oxime groups is 1. The lowest BCUT2D eigenvalue weighted by molar-refractivity contribution is 0.208. The van der Waals surface area contributed by atoms with E-state index in [0.29, 0.717) is 31.3 Å². The summed E-state index contributed by atoms with van der Waals surface area (Å²) in [6, 6.07) is 12.7. The van der Waals surface area contributed by atoms with E-state index in [1.54, 1.807) is 25.3 Å². The minimum Gasteiger partial charge on any atom is -0.497 e.